The van der Waals surface area contributed by atoms with E-state index in [0.717, 1.165) is 13.3 Å². The highest BCUT2D eigenvalue weighted by Crippen LogP contribution is 2.24. The van der Waals surface area contributed by atoms with Crippen molar-refractivity contribution < 1.29 is 17.9 Å². The average molecular weight is 263 g/mol. The molecule has 1 aromatic heterocycles. The molecule has 1 N–H and O–H groups in total. The van der Waals surface area contributed by atoms with Crippen LogP contribution in [-0.2, 0) is 0 Å². The van der Waals surface area contributed by atoms with Gasteiger partial charge in [0.05, 0.1) is 0 Å². The lowest BCUT2D eigenvalue weighted by molar-refractivity contribution is -0.189. The van der Waals surface area contributed by atoms with Crippen molar-refractivity contribution in [3.63, 3.8) is 0 Å². The van der Waals surface area contributed by atoms with Crippen LogP contribution in [0.1, 0.15) is 26.0 Å². The predicted octanol–water partition coefficient (Wildman–Crippen LogP) is 2.94. The number of hydrogen-bond acceptors (Lipinski definition) is 4. The number of hydrogen-bond donors (Lipinski definition) is 1. The van der Waals surface area contributed by atoms with Gasteiger partial charge in [0.1, 0.15) is 0 Å². The number of nitrogens with zero attached hydrogens (tertiary/aromatic N) is 2. The molecule has 0 spiro atoms. The third-order valence-electron chi connectivity index (χ3n) is 2.12. The van der Waals surface area contributed by atoms with E-state index in [1.165, 1.54) is 6.07 Å². The molecule has 1 unspecified atom stereocenters. The summed E-state index contributed by atoms with van der Waals surface area (Å²) in [5, 5.41) is 2.90. The lowest BCUT2D eigenvalue weighted by Gasteiger charge is -2.17. The monoisotopic (exact) mass is 263 g/mol. The number of aromatic nitrogens is 2. The molecular weight excluding hydrogens is 247 g/mol. The SMILES string of the molecule is CCCNc1nc(C)cc(OC(C)C(F)(F)F)n1. The summed E-state index contributed by atoms with van der Waals surface area (Å²) >= 11 is 0. The van der Waals surface area contributed by atoms with Crippen LogP contribution in [0.2, 0.25) is 0 Å². The molecule has 0 aliphatic heterocycles. The fraction of sp³-hybridized carbons (Fsp3) is 0.636. The average Bonchev–Trinajstić information content (AvgIpc) is 2.24. The summed E-state index contributed by atoms with van der Waals surface area (Å²) in [4.78, 5) is 7.94. The molecule has 0 saturated carbocycles. The van der Waals surface area contributed by atoms with Crippen molar-refractivity contribution in [2.45, 2.75) is 39.5 Å². The molecule has 0 saturated heterocycles. The van der Waals surface area contributed by atoms with Crippen LogP contribution in [0.15, 0.2) is 6.07 Å². The molecular formula is C11H16F3N3O. The van der Waals surface area contributed by atoms with Crippen molar-refractivity contribution in [2.75, 3.05) is 11.9 Å². The van der Waals surface area contributed by atoms with Gasteiger partial charge in [0.25, 0.3) is 0 Å². The molecule has 0 amide bonds. The minimum atomic E-state index is -4.41. The fourth-order valence-electron chi connectivity index (χ4n) is 1.16. The molecule has 1 rings (SSSR count). The second kappa shape index (κ2) is 5.88. The maximum absolute atomic E-state index is 12.4. The molecule has 1 aromatic rings. The molecule has 1 atom stereocenters. The van der Waals surface area contributed by atoms with E-state index in [9.17, 15) is 13.2 Å². The van der Waals surface area contributed by atoms with Crippen LogP contribution in [0.25, 0.3) is 0 Å². The Morgan fingerprint density at radius 1 is 1.39 bits per heavy atom. The lowest BCUT2D eigenvalue weighted by Crippen LogP contribution is -2.31. The summed E-state index contributed by atoms with van der Waals surface area (Å²) in [6.45, 7) is 5.23. The summed E-state index contributed by atoms with van der Waals surface area (Å²) in [7, 11) is 0. The van der Waals surface area contributed by atoms with Crippen LogP contribution >= 0.6 is 0 Å². The lowest BCUT2D eigenvalue weighted by atomic mass is 10.4. The minimum absolute atomic E-state index is 0.0778. The van der Waals surface area contributed by atoms with Crippen molar-refractivity contribution >= 4 is 5.95 Å². The number of ether oxygens (including phenoxy) is 1. The maximum atomic E-state index is 12.4. The van der Waals surface area contributed by atoms with Gasteiger partial charge in [-0.25, -0.2) is 4.98 Å². The highest BCUT2D eigenvalue weighted by atomic mass is 19.4. The van der Waals surface area contributed by atoms with Crippen LogP contribution in [0, 0.1) is 6.92 Å². The molecule has 102 valence electrons. The van der Waals surface area contributed by atoms with E-state index in [4.69, 9.17) is 4.74 Å². The number of aryl methyl sites for hydroxylation is 1. The first-order chi connectivity index (χ1) is 8.32. The van der Waals surface area contributed by atoms with Crippen LogP contribution < -0.4 is 10.1 Å². The molecule has 0 aromatic carbocycles. The normalized spacial score (nSPS) is 13.2. The fourth-order valence-corrected chi connectivity index (χ4v) is 1.16. The standard InChI is InChI=1S/C11H16F3N3O/c1-4-5-15-10-16-7(2)6-9(17-10)18-8(3)11(12,13)14/h6,8H,4-5H2,1-3H3,(H,15,16,17). The number of nitrogens with one attached hydrogen (secondary N) is 1. The number of halogens is 3. The van der Waals surface area contributed by atoms with Gasteiger partial charge in [-0.15, -0.1) is 0 Å². The molecule has 18 heavy (non-hydrogen) atoms. The number of alkyl halides is 3. The number of anilines is 1. The minimum Gasteiger partial charge on any atom is -0.465 e. The van der Waals surface area contributed by atoms with Gasteiger partial charge in [-0.05, 0) is 20.3 Å². The molecule has 0 fully saturated rings. The Hall–Kier alpha value is -1.53. The second-order valence-electron chi connectivity index (χ2n) is 3.90. The van der Waals surface area contributed by atoms with E-state index in [0.29, 0.717) is 12.2 Å². The molecule has 0 bridgehead atoms. The number of rotatable bonds is 5. The van der Waals surface area contributed by atoms with Crippen LogP contribution in [-0.4, -0.2) is 28.8 Å². The Kier molecular flexibility index (Phi) is 4.75. The highest BCUT2D eigenvalue weighted by Gasteiger charge is 2.38. The third-order valence-corrected chi connectivity index (χ3v) is 2.12. The van der Waals surface area contributed by atoms with Gasteiger partial charge >= 0.3 is 6.18 Å². The third kappa shape index (κ3) is 4.38. The van der Waals surface area contributed by atoms with Gasteiger partial charge in [0, 0.05) is 18.3 Å². The largest absolute Gasteiger partial charge is 0.465 e. The molecule has 7 heteroatoms. The first-order valence-corrected chi connectivity index (χ1v) is 5.66. The summed E-state index contributed by atoms with van der Waals surface area (Å²) in [6, 6.07) is 1.37. The van der Waals surface area contributed by atoms with E-state index in [1.54, 1.807) is 6.92 Å². The van der Waals surface area contributed by atoms with E-state index in [2.05, 4.69) is 15.3 Å². The first kappa shape index (κ1) is 14.5. The molecule has 1 heterocycles. The zero-order chi connectivity index (χ0) is 13.8. The van der Waals surface area contributed by atoms with Crippen molar-refractivity contribution in [2.24, 2.45) is 0 Å². The van der Waals surface area contributed by atoms with E-state index in [-0.39, 0.29) is 11.8 Å². The Balaban J connectivity index is 2.79. The Labute approximate surface area is 104 Å². The summed E-state index contributed by atoms with van der Waals surface area (Å²) < 4.78 is 41.8. The molecule has 0 aliphatic carbocycles. The van der Waals surface area contributed by atoms with Crippen molar-refractivity contribution in [3.05, 3.63) is 11.8 Å². The Bertz CT molecular complexity index is 396. The van der Waals surface area contributed by atoms with Gasteiger partial charge in [-0.2, -0.15) is 18.2 Å². The van der Waals surface area contributed by atoms with Gasteiger partial charge < -0.3 is 10.1 Å². The van der Waals surface area contributed by atoms with Gasteiger partial charge in [0.15, 0.2) is 6.10 Å². The van der Waals surface area contributed by atoms with Crippen LogP contribution in [0.3, 0.4) is 0 Å². The molecule has 0 radical (unpaired) electrons. The topological polar surface area (TPSA) is 47.0 Å². The quantitative estimate of drug-likeness (QED) is 0.887. The Morgan fingerprint density at radius 3 is 2.61 bits per heavy atom. The van der Waals surface area contributed by atoms with Crippen LogP contribution in [0.4, 0.5) is 19.1 Å². The van der Waals surface area contributed by atoms with Gasteiger partial charge in [0.2, 0.25) is 11.8 Å². The van der Waals surface area contributed by atoms with E-state index >= 15 is 0 Å². The highest BCUT2D eigenvalue weighted by molar-refractivity contribution is 5.30. The second-order valence-corrected chi connectivity index (χ2v) is 3.90. The van der Waals surface area contributed by atoms with Crippen molar-refractivity contribution in [1.82, 2.24) is 9.97 Å². The van der Waals surface area contributed by atoms with Gasteiger partial charge in [-0.3, -0.25) is 0 Å². The summed E-state index contributed by atoms with van der Waals surface area (Å²) in [5.74, 6) is 0.201. The smallest absolute Gasteiger partial charge is 0.425 e. The molecule has 0 aliphatic rings. The molecule has 4 nitrogen and oxygen atoms in total. The van der Waals surface area contributed by atoms with E-state index < -0.39 is 12.3 Å². The first-order valence-electron chi connectivity index (χ1n) is 5.66. The van der Waals surface area contributed by atoms with Crippen LogP contribution in [0.5, 0.6) is 5.88 Å². The summed E-state index contributed by atoms with van der Waals surface area (Å²) in [6.07, 6.45) is -5.44. The maximum Gasteiger partial charge on any atom is 0.425 e. The summed E-state index contributed by atoms with van der Waals surface area (Å²) in [5.41, 5.74) is 0.549. The van der Waals surface area contributed by atoms with Gasteiger partial charge in [-0.1, -0.05) is 6.92 Å². The zero-order valence-electron chi connectivity index (χ0n) is 10.5. The zero-order valence-corrected chi connectivity index (χ0v) is 10.5. The predicted molar refractivity (Wildman–Crippen MR) is 61.7 cm³/mol. The van der Waals surface area contributed by atoms with Crippen molar-refractivity contribution in [3.8, 4) is 5.88 Å². The Morgan fingerprint density at radius 2 is 2.06 bits per heavy atom. The van der Waals surface area contributed by atoms with Crippen molar-refractivity contribution in [1.29, 1.82) is 0 Å². The van der Waals surface area contributed by atoms with E-state index in [1.807, 2.05) is 6.92 Å².